The molecule has 4 rings (SSSR count). The quantitative estimate of drug-likeness (QED) is 0.575. The second-order valence-corrected chi connectivity index (χ2v) is 5.52. The number of hydrogen-bond donors (Lipinski definition) is 1. The summed E-state index contributed by atoms with van der Waals surface area (Å²) in [6.45, 7) is 0. The van der Waals surface area contributed by atoms with Crippen LogP contribution >= 0.6 is 11.6 Å². The van der Waals surface area contributed by atoms with Crippen LogP contribution in [0.2, 0.25) is 5.02 Å². The Labute approximate surface area is 135 Å². The van der Waals surface area contributed by atoms with Gasteiger partial charge in [-0.2, -0.15) is 9.78 Å². The molecule has 4 aromatic rings. The summed E-state index contributed by atoms with van der Waals surface area (Å²) in [5.74, 6) is 0. The molecule has 6 heteroatoms. The molecule has 0 aliphatic carbocycles. The van der Waals surface area contributed by atoms with Crippen molar-refractivity contribution in [2.24, 2.45) is 5.10 Å². The third-order valence-corrected chi connectivity index (χ3v) is 3.85. The van der Waals surface area contributed by atoms with Gasteiger partial charge in [-0.25, -0.2) is 4.98 Å². The van der Waals surface area contributed by atoms with Crippen LogP contribution in [0.4, 0.5) is 0 Å². The Kier molecular flexibility index (Phi) is 3.20. The molecule has 2 aromatic carbocycles. The van der Waals surface area contributed by atoms with E-state index in [2.05, 4.69) is 15.1 Å². The van der Waals surface area contributed by atoms with Gasteiger partial charge in [0.2, 0.25) is 0 Å². The summed E-state index contributed by atoms with van der Waals surface area (Å²) in [5.41, 5.74) is 2.59. The normalized spacial score (nSPS) is 11.7. The maximum Gasteiger partial charge on any atom is 0.298 e. The first-order chi connectivity index (χ1) is 11.2. The highest BCUT2D eigenvalue weighted by Crippen LogP contribution is 2.20. The molecule has 0 saturated heterocycles. The average molecular weight is 323 g/mol. The maximum atomic E-state index is 12.5. The Hall–Kier alpha value is -2.92. The van der Waals surface area contributed by atoms with Crippen LogP contribution in [0.5, 0.6) is 0 Å². The van der Waals surface area contributed by atoms with E-state index in [0.717, 1.165) is 16.5 Å². The van der Waals surface area contributed by atoms with Gasteiger partial charge in [-0.1, -0.05) is 41.9 Å². The minimum Gasteiger partial charge on any atom is -0.349 e. The standard InChI is InChI=1S/C17H11ClN4O/c18-12-7-5-11(6-8-12)9-20-22-10-19-15-13-3-1-2-4-14(13)21-16(15)17(22)23/h1-10,21H/b20-9-. The van der Waals surface area contributed by atoms with Crippen LogP contribution in [0.15, 0.2) is 64.8 Å². The van der Waals surface area contributed by atoms with Gasteiger partial charge in [0.05, 0.1) is 6.21 Å². The maximum absolute atomic E-state index is 12.5. The topological polar surface area (TPSA) is 63.0 Å². The fourth-order valence-electron chi connectivity index (χ4n) is 2.46. The molecule has 5 nitrogen and oxygen atoms in total. The molecule has 0 fully saturated rings. The molecule has 0 bridgehead atoms. The molecule has 0 aliphatic rings. The summed E-state index contributed by atoms with van der Waals surface area (Å²) >= 11 is 5.84. The molecule has 1 N–H and O–H groups in total. The highest BCUT2D eigenvalue weighted by Gasteiger charge is 2.09. The molecule has 0 spiro atoms. The van der Waals surface area contributed by atoms with Crippen molar-refractivity contribution < 1.29 is 0 Å². The zero-order valence-electron chi connectivity index (χ0n) is 11.9. The van der Waals surface area contributed by atoms with Crippen LogP contribution in [0.25, 0.3) is 21.9 Å². The van der Waals surface area contributed by atoms with Crippen LogP contribution in [0.3, 0.4) is 0 Å². The lowest BCUT2D eigenvalue weighted by atomic mass is 10.2. The predicted octanol–water partition coefficient (Wildman–Crippen LogP) is 3.41. The van der Waals surface area contributed by atoms with Crippen molar-refractivity contribution in [3.8, 4) is 0 Å². The molecule has 2 aromatic heterocycles. The van der Waals surface area contributed by atoms with Crippen molar-refractivity contribution in [2.75, 3.05) is 0 Å². The average Bonchev–Trinajstić information content (AvgIpc) is 2.95. The van der Waals surface area contributed by atoms with Crippen LogP contribution < -0.4 is 5.56 Å². The van der Waals surface area contributed by atoms with Gasteiger partial charge in [0.15, 0.2) is 0 Å². The Morgan fingerprint density at radius 1 is 1.13 bits per heavy atom. The fraction of sp³-hybridized carbons (Fsp3) is 0. The highest BCUT2D eigenvalue weighted by atomic mass is 35.5. The van der Waals surface area contributed by atoms with E-state index < -0.39 is 0 Å². The highest BCUT2D eigenvalue weighted by molar-refractivity contribution is 6.30. The minimum absolute atomic E-state index is 0.239. The minimum atomic E-state index is -0.239. The molecule has 2 heterocycles. The van der Waals surface area contributed by atoms with E-state index in [4.69, 9.17) is 11.6 Å². The Bertz CT molecular complexity index is 1090. The third-order valence-electron chi connectivity index (χ3n) is 3.60. The summed E-state index contributed by atoms with van der Waals surface area (Å²) in [6, 6.07) is 14.9. The van der Waals surface area contributed by atoms with Gasteiger partial charge in [0.25, 0.3) is 5.56 Å². The first-order valence-electron chi connectivity index (χ1n) is 7.00. The molecule has 0 amide bonds. The summed E-state index contributed by atoms with van der Waals surface area (Å²) in [4.78, 5) is 20.0. The summed E-state index contributed by atoms with van der Waals surface area (Å²) in [6.07, 6.45) is 3.02. The number of hydrogen-bond acceptors (Lipinski definition) is 3. The molecule has 23 heavy (non-hydrogen) atoms. The lowest BCUT2D eigenvalue weighted by Crippen LogP contribution is -2.17. The number of fused-ring (bicyclic) bond motifs is 3. The Morgan fingerprint density at radius 3 is 2.74 bits per heavy atom. The van der Waals surface area contributed by atoms with E-state index in [1.807, 2.05) is 36.4 Å². The number of aromatic amines is 1. The number of benzene rings is 2. The SMILES string of the molecule is O=c1c2[nH]c3ccccc3c2ncn1/N=C\c1ccc(Cl)cc1. The molecule has 0 radical (unpaired) electrons. The van der Waals surface area contributed by atoms with Gasteiger partial charge >= 0.3 is 0 Å². The largest absolute Gasteiger partial charge is 0.349 e. The van der Waals surface area contributed by atoms with Crippen LogP contribution in [-0.4, -0.2) is 20.9 Å². The lowest BCUT2D eigenvalue weighted by Gasteiger charge is -1.98. The van der Waals surface area contributed by atoms with Crippen molar-refractivity contribution >= 4 is 39.8 Å². The molecule has 0 atom stereocenters. The summed E-state index contributed by atoms with van der Waals surface area (Å²) < 4.78 is 1.21. The summed E-state index contributed by atoms with van der Waals surface area (Å²) in [5, 5.41) is 5.76. The van der Waals surface area contributed by atoms with Crippen LogP contribution in [-0.2, 0) is 0 Å². The van der Waals surface area contributed by atoms with Crippen molar-refractivity contribution in [3.05, 3.63) is 75.8 Å². The first kappa shape index (κ1) is 13.7. The Morgan fingerprint density at radius 2 is 1.91 bits per heavy atom. The number of halogens is 1. The van der Waals surface area contributed by atoms with Crippen LogP contribution in [0.1, 0.15) is 5.56 Å². The molecule has 0 unspecified atom stereocenters. The van der Waals surface area contributed by atoms with E-state index in [-0.39, 0.29) is 5.56 Å². The number of nitrogens with zero attached hydrogens (tertiary/aromatic N) is 3. The number of rotatable bonds is 2. The van der Waals surface area contributed by atoms with E-state index in [1.165, 1.54) is 11.0 Å². The number of aromatic nitrogens is 3. The number of nitrogens with one attached hydrogen (secondary N) is 1. The van der Waals surface area contributed by atoms with E-state index in [9.17, 15) is 4.79 Å². The molecule has 0 aliphatic heterocycles. The molecule has 0 saturated carbocycles. The monoisotopic (exact) mass is 322 g/mol. The first-order valence-corrected chi connectivity index (χ1v) is 7.38. The lowest BCUT2D eigenvalue weighted by molar-refractivity contribution is 0.815. The van der Waals surface area contributed by atoms with Gasteiger partial charge in [-0.15, -0.1) is 0 Å². The fourth-order valence-corrected chi connectivity index (χ4v) is 2.58. The second-order valence-electron chi connectivity index (χ2n) is 5.08. The Balaban J connectivity index is 1.82. The van der Waals surface area contributed by atoms with Gasteiger partial charge in [0.1, 0.15) is 17.4 Å². The zero-order chi connectivity index (χ0) is 15.8. The van der Waals surface area contributed by atoms with Crippen molar-refractivity contribution in [1.29, 1.82) is 0 Å². The number of H-pyrrole nitrogens is 1. The van der Waals surface area contributed by atoms with Crippen LogP contribution in [0, 0.1) is 0 Å². The van der Waals surface area contributed by atoms with E-state index in [1.54, 1.807) is 18.3 Å². The molecule has 112 valence electrons. The van der Waals surface area contributed by atoms with Gasteiger partial charge < -0.3 is 4.98 Å². The smallest absolute Gasteiger partial charge is 0.298 e. The third kappa shape index (κ3) is 2.41. The molecular formula is C17H11ClN4O. The predicted molar refractivity (Wildman–Crippen MR) is 92.3 cm³/mol. The van der Waals surface area contributed by atoms with Crippen molar-refractivity contribution in [2.45, 2.75) is 0 Å². The van der Waals surface area contributed by atoms with Gasteiger partial charge in [-0.3, -0.25) is 4.79 Å². The van der Waals surface area contributed by atoms with E-state index >= 15 is 0 Å². The zero-order valence-corrected chi connectivity index (χ0v) is 12.7. The number of para-hydroxylation sites is 1. The van der Waals surface area contributed by atoms with Crippen molar-refractivity contribution in [3.63, 3.8) is 0 Å². The van der Waals surface area contributed by atoms with Gasteiger partial charge in [0, 0.05) is 15.9 Å². The molecular weight excluding hydrogens is 312 g/mol. The van der Waals surface area contributed by atoms with Gasteiger partial charge in [-0.05, 0) is 23.8 Å². The van der Waals surface area contributed by atoms with E-state index in [0.29, 0.717) is 16.1 Å². The van der Waals surface area contributed by atoms with Crippen molar-refractivity contribution in [1.82, 2.24) is 14.6 Å². The second kappa shape index (κ2) is 5.37. The summed E-state index contributed by atoms with van der Waals surface area (Å²) in [7, 11) is 0.